The summed E-state index contributed by atoms with van der Waals surface area (Å²) >= 11 is 3.23. The van der Waals surface area contributed by atoms with Gasteiger partial charge >= 0.3 is 5.97 Å². The van der Waals surface area contributed by atoms with Crippen LogP contribution in [0.4, 0.5) is 0 Å². The lowest BCUT2D eigenvalue weighted by Crippen LogP contribution is -2.37. The summed E-state index contributed by atoms with van der Waals surface area (Å²) in [7, 11) is 2.77. The molecule has 0 aromatic heterocycles. The van der Waals surface area contributed by atoms with Crippen molar-refractivity contribution >= 4 is 34.3 Å². The number of esters is 1. The third-order valence-corrected chi connectivity index (χ3v) is 3.72. The lowest BCUT2D eigenvalue weighted by atomic mass is 9.81. The molecule has 114 valence electrons. The topological polar surface area (TPSA) is 81.8 Å². The maximum absolute atomic E-state index is 11.8. The molecule has 0 aliphatic heterocycles. The van der Waals surface area contributed by atoms with Crippen molar-refractivity contribution in [2.24, 2.45) is 11.1 Å². The molecule has 1 aromatic carbocycles. The Morgan fingerprint density at radius 3 is 2.40 bits per heavy atom. The second-order valence-corrected chi connectivity index (χ2v) is 5.60. The van der Waals surface area contributed by atoms with Crippen LogP contribution in [0.1, 0.15) is 25.5 Å². The highest BCUT2D eigenvalue weighted by molar-refractivity contribution is 9.10. The molecule has 0 amide bonds. The first-order chi connectivity index (χ1) is 8.75. The zero-order valence-electron chi connectivity index (χ0n) is 11.8. The number of hydrogen-bond donors (Lipinski definition) is 2. The summed E-state index contributed by atoms with van der Waals surface area (Å²) in [6.07, 6.45) is 0. The van der Waals surface area contributed by atoms with Crippen LogP contribution in [0, 0.1) is 5.41 Å². The molecule has 0 saturated heterocycles. The van der Waals surface area contributed by atoms with Gasteiger partial charge in [-0.05, 0) is 47.5 Å². The van der Waals surface area contributed by atoms with Gasteiger partial charge in [-0.2, -0.15) is 0 Å². The van der Waals surface area contributed by atoms with E-state index in [1.54, 1.807) is 26.0 Å². The Balaban J connectivity index is 0.00000361. The van der Waals surface area contributed by atoms with Gasteiger partial charge in [-0.3, -0.25) is 4.79 Å². The van der Waals surface area contributed by atoms with Crippen LogP contribution in [0.5, 0.6) is 11.5 Å². The van der Waals surface area contributed by atoms with Crippen LogP contribution in [0.2, 0.25) is 0 Å². The van der Waals surface area contributed by atoms with Crippen molar-refractivity contribution in [2.45, 2.75) is 19.9 Å². The molecular weight excluding hydrogens is 350 g/mol. The predicted octanol–water partition coefficient (Wildman–Crippen LogP) is 2.78. The first-order valence-corrected chi connectivity index (χ1v) is 6.45. The van der Waals surface area contributed by atoms with E-state index in [4.69, 9.17) is 15.2 Å². The lowest BCUT2D eigenvalue weighted by Gasteiger charge is -2.29. The molecule has 0 heterocycles. The summed E-state index contributed by atoms with van der Waals surface area (Å²) in [6.45, 7) is 3.41. The molecule has 5 nitrogen and oxygen atoms in total. The van der Waals surface area contributed by atoms with Crippen molar-refractivity contribution in [1.82, 2.24) is 0 Å². The number of carbonyl (C=O) groups is 1. The van der Waals surface area contributed by atoms with Crippen LogP contribution in [0.25, 0.3) is 0 Å². The van der Waals surface area contributed by atoms with E-state index < -0.39 is 17.4 Å². The van der Waals surface area contributed by atoms with Crippen LogP contribution < -0.4 is 10.5 Å². The van der Waals surface area contributed by atoms with E-state index in [1.807, 2.05) is 0 Å². The average Bonchev–Trinajstić information content (AvgIpc) is 2.39. The SMILES string of the molecule is COC(=O)C(C)(C)[C@@H](N)c1cc(Br)c(O)c(OC)c1.Cl. The fourth-order valence-electron chi connectivity index (χ4n) is 1.74. The minimum Gasteiger partial charge on any atom is -0.503 e. The van der Waals surface area contributed by atoms with Crippen molar-refractivity contribution in [3.8, 4) is 11.5 Å². The largest absolute Gasteiger partial charge is 0.503 e. The number of ether oxygens (including phenoxy) is 2. The van der Waals surface area contributed by atoms with Gasteiger partial charge in [-0.25, -0.2) is 0 Å². The van der Waals surface area contributed by atoms with E-state index in [0.29, 0.717) is 15.8 Å². The molecule has 0 fully saturated rings. The molecular formula is C13H19BrClNO4. The Morgan fingerprint density at radius 1 is 1.40 bits per heavy atom. The smallest absolute Gasteiger partial charge is 0.313 e. The number of carbonyl (C=O) groups excluding carboxylic acids is 1. The maximum atomic E-state index is 11.8. The average molecular weight is 369 g/mol. The van der Waals surface area contributed by atoms with Crippen LogP contribution in [-0.2, 0) is 9.53 Å². The Hall–Kier alpha value is -0.980. The maximum Gasteiger partial charge on any atom is 0.313 e. The van der Waals surface area contributed by atoms with Gasteiger partial charge in [-0.15, -0.1) is 12.4 Å². The zero-order chi connectivity index (χ0) is 14.8. The molecule has 1 atom stereocenters. The molecule has 0 saturated carbocycles. The number of halogens is 2. The molecule has 0 unspecified atom stereocenters. The molecule has 0 aliphatic carbocycles. The van der Waals surface area contributed by atoms with Crippen LogP contribution in [0.15, 0.2) is 16.6 Å². The number of benzene rings is 1. The van der Waals surface area contributed by atoms with Gasteiger partial charge in [0.1, 0.15) is 0 Å². The summed E-state index contributed by atoms with van der Waals surface area (Å²) in [5.74, 6) is -0.113. The first-order valence-electron chi connectivity index (χ1n) is 5.66. The van der Waals surface area contributed by atoms with Gasteiger partial charge < -0.3 is 20.3 Å². The Morgan fingerprint density at radius 2 is 1.95 bits per heavy atom. The number of nitrogens with two attached hydrogens (primary N) is 1. The fraction of sp³-hybridized carbons (Fsp3) is 0.462. The molecule has 0 aliphatic rings. The van der Waals surface area contributed by atoms with E-state index in [-0.39, 0.29) is 18.2 Å². The minimum atomic E-state index is -0.893. The Labute approximate surface area is 133 Å². The molecule has 0 spiro atoms. The fourth-order valence-corrected chi connectivity index (χ4v) is 2.20. The summed E-state index contributed by atoms with van der Waals surface area (Å²) in [4.78, 5) is 11.8. The van der Waals surface area contributed by atoms with E-state index in [0.717, 1.165) is 0 Å². The summed E-state index contributed by atoms with van der Waals surface area (Å²) in [6, 6.07) is 2.67. The molecule has 0 bridgehead atoms. The second-order valence-electron chi connectivity index (χ2n) is 4.74. The second kappa shape index (κ2) is 7.15. The summed E-state index contributed by atoms with van der Waals surface area (Å²) in [5.41, 5.74) is 5.90. The third kappa shape index (κ3) is 3.56. The van der Waals surface area contributed by atoms with Gasteiger partial charge in [-0.1, -0.05) is 0 Å². The van der Waals surface area contributed by atoms with Crippen molar-refractivity contribution in [3.63, 3.8) is 0 Å². The van der Waals surface area contributed by atoms with Crippen LogP contribution >= 0.6 is 28.3 Å². The van der Waals surface area contributed by atoms with E-state index in [1.165, 1.54) is 14.2 Å². The number of hydrogen-bond acceptors (Lipinski definition) is 5. The van der Waals surface area contributed by atoms with Crippen molar-refractivity contribution in [3.05, 3.63) is 22.2 Å². The normalized spacial score (nSPS) is 12.3. The molecule has 1 rings (SSSR count). The number of phenols is 1. The van der Waals surface area contributed by atoms with Crippen molar-refractivity contribution in [2.75, 3.05) is 14.2 Å². The van der Waals surface area contributed by atoms with E-state index in [2.05, 4.69) is 15.9 Å². The Bertz CT molecular complexity index is 494. The lowest BCUT2D eigenvalue weighted by molar-refractivity contribution is -0.152. The summed E-state index contributed by atoms with van der Waals surface area (Å²) < 4.78 is 10.3. The van der Waals surface area contributed by atoms with Gasteiger partial charge in [0.2, 0.25) is 0 Å². The molecule has 0 radical (unpaired) electrons. The highest BCUT2D eigenvalue weighted by Crippen LogP contribution is 2.40. The first kappa shape index (κ1) is 19.0. The van der Waals surface area contributed by atoms with E-state index in [9.17, 15) is 9.90 Å². The monoisotopic (exact) mass is 367 g/mol. The zero-order valence-corrected chi connectivity index (χ0v) is 14.2. The summed E-state index contributed by atoms with van der Waals surface area (Å²) in [5, 5.41) is 9.76. The molecule has 1 aromatic rings. The van der Waals surface area contributed by atoms with E-state index >= 15 is 0 Å². The number of rotatable bonds is 4. The molecule has 3 N–H and O–H groups in total. The molecule has 20 heavy (non-hydrogen) atoms. The van der Waals surface area contributed by atoms with Crippen LogP contribution in [0.3, 0.4) is 0 Å². The predicted molar refractivity (Wildman–Crippen MR) is 82.3 cm³/mol. The van der Waals surface area contributed by atoms with Gasteiger partial charge in [0.25, 0.3) is 0 Å². The van der Waals surface area contributed by atoms with Crippen molar-refractivity contribution < 1.29 is 19.4 Å². The van der Waals surface area contributed by atoms with Crippen LogP contribution in [-0.4, -0.2) is 25.3 Å². The van der Waals surface area contributed by atoms with Crippen molar-refractivity contribution in [1.29, 1.82) is 0 Å². The highest BCUT2D eigenvalue weighted by Gasteiger charge is 2.37. The van der Waals surface area contributed by atoms with Gasteiger partial charge in [0.05, 0.1) is 24.1 Å². The van der Waals surface area contributed by atoms with Gasteiger partial charge in [0, 0.05) is 6.04 Å². The standard InChI is InChI=1S/C13H18BrNO4.ClH/c1-13(2,12(17)19-4)11(15)7-5-8(14)10(16)9(6-7)18-3;/h5-6,11,16H,15H2,1-4H3;1H/t11-;/m0./s1. The molecule has 7 heteroatoms. The highest BCUT2D eigenvalue weighted by atomic mass is 79.9. The Kier molecular flexibility index (Phi) is 6.80. The quantitative estimate of drug-likeness (QED) is 0.799. The number of aromatic hydroxyl groups is 1. The third-order valence-electron chi connectivity index (χ3n) is 3.12. The number of phenolic OH excluding ortho intramolecular Hbond substituents is 1. The van der Waals surface area contributed by atoms with Gasteiger partial charge in [0.15, 0.2) is 11.5 Å². The number of methoxy groups -OCH3 is 2. The minimum absolute atomic E-state index is 0.